The first-order chi connectivity index (χ1) is 12.9. The van der Waals surface area contributed by atoms with Crippen LogP contribution in [0.3, 0.4) is 0 Å². The zero-order chi connectivity index (χ0) is 19.8. The summed E-state index contributed by atoms with van der Waals surface area (Å²) in [6, 6.07) is 4.68. The highest BCUT2D eigenvalue weighted by Gasteiger charge is 2.21. The number of nitrogens with zero attached hydrogens (tertiary/aromatic N) is 2. The van der Waals surface area contributed by atoms with Crippen LogP contribution in [0.15, 0.2) is 23.2 Å². The van der Waals surface area contributed by atoms with Gasteiger partial charge in [0.25, 0.3) is 0 Å². The van der Waals surface area contributed by atoms with Crippen molar-refractivity contribution in [3.05, 3.63) is 29.6 Å². The fourth-order valence-corrected chi connectivity index (χ4v) is 3.13. The summed E-state index contributed by atoms with van der Waals surface area (Å²) in [5.41, 5.74) is 0.0182. The number of nitrogens with one attached hydrogen (secondary N) is 2. The third-order valence-electron chi connectivity index (χ3n) is 4.63. The van der Waals surface area contributed by atoms with Crippen molar-refractivity contribution in [3.63, 3.8) is 0 Å². The van der Waals surface area contributed by atoms with E-state index in [2.05, 4.69) is 39.1 Å². The van der Waals surface area contributed by atoms with Gasteiger partial charge in [0.05, 0.1) is 12.1 Å². The molecule has 1 aliphatic heterocycles. The Morgan fingerprint density at radius 2 is 1.96 bits per heavy atom. The van der Waals surface area contributed by atoms with E-state index in [-0.39, 0.29) is 47.9 Å². The molecule has 1 aromatic rings. The van der Waals surface area contributed by atoms with Crippen LogP contribution in [0.4, 0.5) is 13.2 Å². The van der Waals surface area contributed by atoms with Crippen molar-refractivity contribution in [3.8, 4) is 5.75 Å². The van der Waals surface area contributed by atoms with Crippen LogP contribution >= 0.6 is 24.0 Å². The predicted octanol–water partition coefficient (Wildman–Crippen LogP) is 3.97. The lowest BCUT2D eigenvalue weighted by Gasteiger charge is -2.35. The van der Waals surface area contributed by atoms with Gasteiger partial charge in [-0.25, -0.2) is 9.38 Å². The van der Waals surface area contributed by atoms with E-state index < -0.39 is 12.4 Å². The number of hydrogen-bond donors (Lipinski definition) is 2. The molecule has 28 heavy (non-hydrogen) atoms. The minimum atomic E-state index is -3.01. The van der Waals surface area contributed by atoms with Crippen molar-refractivity contribution < 1.29 is 17.9 Å². The van der Waals surface area contributed by atoms with E-state index in [1.54, 1.807) is 0 Å². The number of guanidine groups is 1. The Kier molecular flexibility index (Phi) is 10.9. The molecule has 0 saturated carbocycles. The number of halogens is 4. The Labute approximate surface area is 182 Å². The van der Waals surface area contributed by atoms with E-state index in [9.17, 15) is 13.2 Å². The summed E-state index contributed by atoms with van der Waals surface area (Å²) in [7, 11) is 0. The van der Waals surface area contributed by atoms with Gasteiger partial charge in [0.1, 0.15) is 11.6 Å². The summed E-state index contributed by atoms with van der Waals surface area (Å²) in [4.78, 5) is 6.80. The van der Waals surface area contributed by atoms with E-state index in [1.165, 1.54) is 18.2 Å². The fraction of sp³-hybridized carbons (Fsp3) is 0.632. The third-order valence-corrected chi connectivity index (χ3v) is 4.63. The topological polar surface area (TPSA) is 48.9 Å². The molecule has 0 radical (unpaired) electrons. The van der Waals surface area contributed by atoms with Gasteiger partial charge in [-0.15, -0.1) is 24.0 Å². The van der Waals surface area contributed by atoms with Crippen LogP contribution in [0, 0.1) is 5.82 Å². The Bertz CT molecular complexity index is 623. The van der Waals surface area contributed by atoms with Gasteiger partial charge in [-0.05, 0) is 45.7 Å². The molecule has 2 N–H and O–H groups in total. The van der Waals surface area contributed by atoms with Gasteiger partial charge < -0.3 is 20.3 Å². The third kappa shape index (κ3) is 7.65. The normalized spacial score (nSPS) is 16.2. The Hall–Kier alpha value is -1.23. The lowest BCUT2D eigenvalue weighted by Crippen LogP contribution is -2.49. The monoisotopic (exact) mass is 514 g/mol. The maximum Gasteiger partial charge on any atom is 0.387 e. The van der Waals surface area contributed by atoms with Crippen LogP contribution in [-0.4, -0.2) is 49.2 Å². The van der Waals surface area contributed by atoms with E-state index >= 15 is 0 Å². The molecule has 0 spiro atoms. The molecule has 9 heteroatoms. The van der Waals surface area contributed by atoms with Gasteiger partial charge in [0.2, 0.25) is 0 Å². The SMILES string of the molecule is CCNC(=NCc1c(F)cccc1OC(F)F)NC1CCN(C(C)C)CC1.I. The molecular weight excluding hydrogens is 484 g/mol. The van der Waals surface area contributed by atoms with Crippen molar-refractivity contribution in [1.82, 2.24) is 15.5 Å². The first kappa shape index (κ1) is 24.8. The number of hydrogen-bond acceptors (Lipinski definition) is 3. The number of likely N-dealkylation sites (tertiary alicyclic amines) is 1. The second kappa shape index (κ2) is 12.4. The summed E-state index contributed by atoms with van der Waals surface area (Å²) in [6.45, 7) is 5.88. The zero-order valence-corrected chi connectivity index (χ0v) is 18.9. The quantitative estimate of drug-likeness (QED) is 0.329. The Morgan fingerprint density at radius 1 is 1.29 bits per heavy atom. The standard InChI is InChI=1S/C19H29F3N4O.HI/c1-4-23-19(25-14-8-10-26(11-9-14)13(2)3)24-12-15-16(20)6-5-7-17(15)27-18(21)22;/h5-7,13-14,18H,4,8-12H2,1-3H3,(H2,23,24,25);1H. The molecule has 1 saturated heterocycles. The summed E-state index contributed by atoms with van der Waals surface area (Å²) in [5.74, 6) is -0.250. The van der Waals surface area contributed by atoms with E-state index in [1.807, 2.05) is 6.92 Å². The number of ether oxygens (including phenoxy) is 1. The van der Waals surface area contributed by atoms with Gasteiger partial charge in [0, 0.05) is 31.7 Å². The van der Waals surface area contributed by atoms with Crippen LogP contribution < -0.4 is 15.4 Å². The average Bonchev–Trinajstić information content (AvgIpc) is 2.61. The average molecular weight is 514 g/mol. The first-order valence-corrected chi connectivity index (χ1v) is 9.41. The maximum atomic E-state index is 14.1. The molecule has 1 aromatic carbocycles. The van der Waals surface area contributed by atoms with Gasteiger partial charge in [-0.2, -0.15) is 8.78 Å². The highest BCUT2D eigenvalue weighted by Crippen LogP contribution is 2.24. The number of rotatable bonds is 7. The summed E-state index contributed by atoms with van der Waals surface area (Å²) in [6.07, 6.45) is 1.98. The van der Waals surface area contributed by atoms with Crippen molar-refractivity contribution in [2.24, 2.45) is 4.99 Å². The minimum absolute atomic E-state index is 0. The van der Waals surface area contributed by atoms with E-state index in [4.69, 9.17) is 0 Å². The first-order valence-electron chi connectivity index (χ1n) is 9.41. The van der Waals surface area contributed by atoms with Crippen molar-refractivity contribution in [2.45, 2.75) is 58.9 Å². The Balaban J connectivity index is 0.00000392. The lowest BCUT2D eigenvalue weighted by molar-refractivity contribution is -0.0506. The molecule has 0 aliphatic carbocycles. The highest BCUT2D eigenvalue weighted by atomic mass is 127. The fourth-order valence-electron chi connectivity index (χ4n) is 3.13. The van der Waals surface area contributed by atoms with Crippen LogP contribution in [0.2, 0.25) is 0 Å². The molecule has 0 unspecified atom stereocenters. The summed E-state index contributed by atoms with van der Waals surface area (Å²) >= 11 is 0. The molecule has 5 nitrogen and oxygen atoms in total. The van der Waals surface area contributed by atoms with E-state index in [0.29, 0.717) is 18.5 Å². The highest BCUT2D eigenvalue weighted by molar-refractivity contribution is 14.0. The molecule has 160 valence electrons. The molecule has 0 atom stereocenters. The molecule has 0 aromatic heterocycles. The van der Waals surface area contributed by atoms with Gasteiger partial charge >= 0.3 is 6.61 Å². The summed E-state index contributed by atoms with van der Waals surface area (Å²) in [5, 5.41) is 6.49. The largest absolute Gasteiger partial charge is 0.434 e. The number of benzene rings is 1. The molecule has 1 fully saturated rings. The van der Waals surface area contributed by atoms with Gasteiger partial charge in [0.15, 0.2) is 5.96 Å². The second-order valence-corrected chi connectivity index (χ2v) is 6.84. The smallest absolute Gasteiger partial charge is 0.387 e. The number of piperidine rings is 1. The maximum absolute atomic E-state index is 14.1. The predicted molar refractivity (Wildman–Crippen MR) is 116 cm³/mol. The van der Waals surface area contributed by atoms with E-state index in [0.717, 1.165) is 25.9 Å². The van der Waals surface area contributed by atoms with Crippen LogP contribution in [0.1, 0.15) is 39.2 Å². The van der Waals surface area contributed by atoms with Gasteiger partial charge in [-0.1, -0.05) is 6.07 Å². The number of aliphatic imine (C=N–C) groups is 1. The van der Waals surface area contributed by atoms with Crippen LogP contribution in [0.25, 0.3) is 0 Å². The molecule has 2 rings (SSSR count). The number of alkyl halides is 2. The summed E-state index contributed by atoms with van der Waals surface area (Å²) < 4.78 is 43.6. The second-order valence-electron chi connectivity index (χ2n) is 6.84. The molecule has 1 aliphatic rings. The molecule has 0 bridgehead atoms. The van der Waals surface area contributed by atoms with Crippen LogP contribution in [0.5, 0.6) is 5.75 Å². The zero-order valence-electron chi connectivity index (χ0n) is 16.6. The van der Waals surface area contributed by atoms with Crippen LogP contribution in [-0.2, 0) is 6.54 Å². The van der Waals surface area contributed by atoms with Gasteiger partial charge in [-0.3, -0.25) is 0 Å². The molecular formula is C19H30F3IN4O. The molecule has 1 heterocycles. The minimum Gasteiger partial charge on any atom is -0.434 e. The van der Waals surface area contributed by atoms with Crippen molar-refractivity contribution in [2.75, 3.05) is 19.6 Å². The lowest BCUT2D eigenvalue weighted by atomic mass is 10.0. The van der Waals surface area contributed by atoms with Crippen molar-refractivity contribution in [1.29, 1.82) is 0 Å². The Morgan fingerprint density at radius 3 is 2.54 bits per heavy atom. The van der Waals surface area contributed by atoms with Crippen molar-refractivity contribution >= 4 is 29.9 Å². The molecule has 0 amide bonds.